The molecule has 0 amide bonds. The van der Waals surface area contributed by atoms with Crippen LogP contribution in [0.3, 0.4) is 0 Å². The second-order valence-electron chi connectivity index (χ2n) is 4.87. The summed E-state index contributed by atoms with van der Waals surface area (Å²) in [6.45, 7) is 2.40. The number of hydrogen-bond acceptors (Lipinski definition) is 4. The number of benzene rings is 2. The van der Waals surface area contributed by atoms with E-state index in [2.05, 4.69) is 10.1 Å². The Labute approximate surface area is 142 Å². The third-order valence-electron chi connectivity index (χ3n) is 3.00. The van der Waals surface area contributed by atoms with E-state index >= 15 is 0 Å². The van der Waals surface area contributed by atoms with Crippen LogP contribution in [-0.4, -0.2) is 18.8 Å². The smallest absolute Gasteiger partial charge is 0.494 e. The van der Waals surface area contributed by atoms with Crippen LogP contribution in [0.25, 0.3) is 0 Å². The maximum absolute atomic E-state index is 12.2. The Morgan fingerprint density at radius 2 is 1.84 bits per heavy atom. The molecule has 2 aromatic carbocycles. The summed E-state index contributed by atoms with van der Waals surface area (Å²) in [5.74, 6) is 0.0737. The summed E-state index contributed by atoms with van der Waals surface area (Å²) in [4.78, 5) is 12.0. The number of anilines is 1. The Morgan fingerprint density at radius 1 is 1.12 bits per heavy atom. The van der Waals surface area contributed by atoms with Crippen LogP contribution >= 0.6 is 0 Å². The van der Waals surface area contributed by atoms with Gasteiger partial charge < -0.3 is 14.8 Å². The largest absolute Gasteiger partial charge is 0.573 e. The van der Waals surface area contributed by atoms with Gasteiger partial charge in [-0.3, -0.25) is 4.79 Å². The standard InChI is InChI=1S/C18H16F3NO3/c1-2-24-15-8-6-13(7-9-15)17(23)10-11-22-14-4-3-5-16(12-14)25-18(19,20)21/h3-12,22H,2H2,1H3. The Hall–Kier alpha value is -2.96. The van der Waals surface area contributed by atoms with Gasteiger partial charge in [0.1, 0.15) is 11.5 Å². The number of carbonyl (C=O) groups is 1. The van der Waals surface area contributed by atoms with Crippen molar-refractivity contribution in [2.45, 2.75) is 13.3 Å². The summed E-state index contributed by atoms with van der Waals surface area (Å²) in [5.41, 5.74) is 0.827. The van der Waals surface area contributed by atoms with Crippen molar-refractivity contribution in [3.63, 3.8) is 0 Å². The van der Waals surface area contributed by atoms with E-state index < -0.39 is 6.36 Å². The fraction of sp³-hybridized carbons (Fsp3) is 0.167. The lowest BCUT2D eigenvalue weighted by Gasteiger charge is -2.09. The summed E-state index contributed by atoms with van der Waals surface area (Å²) in [7, 11) is 0. The van der Waals surface area contributed by atoms with Gasteiger partial charge >= 0.3 is 6.36 Å². The monoisotopic (exact) mass is 351 g/mol. The SMILES string of the molecule is CCOc1ccc(C(=O)C=CNc2cccc(OC(F)(F)F)c2)cc1. The van der Waals surface area contributed by atoms with Crippen LogP contribution in [0, 0.1) is 0 Å². The predicted molar refractivity (Wildman–Crippen MR) is 87.8 cm³/mol. The van der Waals surface area contributed by atoms with E-state index in [1.807, 2.05) is 6.92 Å². The molecule has 0 unspecified atom stereocenters. The molecule has 0 aromatic heterocycles. The van der Waals surface area contributed by atoms with Gasteiger partial charge in [-0.15, -0.1) is 13.2 Å². The lowest BCUT2D eigenvalue weighted by atomic mass is 10.1. The average Bonchev–Trinajstić information content (AvgIpc) is 2.54. The van der Waals surface area contributed by atoms with Gasteiger partial charge in [0, 0.05) is 29.6 Å². The number of hydrogen-bond donors (Lipinski definition) is 1. The number of allylic oxidation sites excluding steroid dienone is 1. The molecule has 0 spiro atoms. The number of rotatable bonds is 7. The molecule has 132 valence electrons. The predicted octanol–water partition coefficient (Wildman–Crippen LogP) is 4.79. The van der Waals surface area contributed by atoms with Gasteiger partial charge in [-0.05, 0) is 43.3 Å². The van der Waals surface area contributed by atoms with Crippen LogP contribution in [-0.2, 0) is 0 Å². The van der Waals surface area contributed by atoms with E-state index in [-0.39, 0.29) is 11.5 Å². The summed E-state index contributed by atoms with van der Waals surface area (Å²) < 4.78 is 45.7. The molecule has 2 rings (SSSR count). The van der Waals surface area contributed by atoms with Crippen LogP contribution in [0.1, 0.15) is 17.3 Å². The molecule has 0 aliphatic rings. The zero-order valence-electron chi connectivity index (χ0n) is 13.3. The van der Waals surface area contributed by atoms with Crippen LogP contribution < -0.4 is 14.8 Å². The highest BCUT2D eigenvalue weighted by molar-refractivity contribution is 6.04. The van der Waals surface area contributed by atoms with Gasteiger partial charge in [0.15, 0.2) is 5.78 Å². The molecule has 1 N–H and O–H groups in total. The highest BCUT2D eigenvalue weighted by Crippen LogP contribution is 2.25. The molecular formula is C18H16F3NO3. The summed E-state index contributed by atoms with van der Waals surface area (Å²) >= 11 is 0. The number of ether oxygens (including phenoxy) is 2. The third kappa shape index (κ3) is 6.21. The maximum Gasteiger partial charge on any atom is 0.573 e. The normalized spacial score (nSPS) is 11.4. The third-order valence-corrected chi connectivity index (χ3v) is 3.00. The van der Waals surface area contributed by atoms with Gasteiger partial charge in [0.05, 0.1) is 6.61 Å². The lowest BCUT2D eigenvalue weighted by molar-refractivity contribution is -0.274. The highest BCUT2D eigenvalue weighted by Gasteiger charge is 2.31. The number of halogens is 3. The summed E-state index contributed by atoms with van der Waals surface area (Å²) in [5, 5.41) is 2.73. The first-order chi connectivity index (χ1) is 11.9. The van der Waals surface area contributed by atoms with Crippen LogP contribution in [0.15, 0.2) is 60.8 Å². The van der Waals surface area contributed by atoms with Crippen molar-refractivity contribution in [3.05, 3.63) is 66.4 Å². The zero-order chi connectivity index (χ0) is 18.3. The molecule has 25 heavy (non-hydrogen) atoms. The van der Waals surface area contributed by atoms with Gasteiger partial charge in [0.2, 0.25) is 0 Å². The highest BCUT2D eigenvalue weighted by atomic mass is 19.4. The van der Waals surface area contributed by atoms with E-state index in [4.69, 9.17) is 4.74 Å². The first kappa shape index (κ1) is 18.4. The van der Waals surface area contributed by atoms with Crippen molar-refractivity contribution >= 4 is 11.5 Å². The van der Waals surface area contributed by atoms with Crippen molar-refractivity contribution in [1.29, 1.82) is 0 Å². The number of carbonyl (C=O) groups excluding carboxylic acids is 1. The second-order valence-corrected chi connectivity index (χ2v) is 4.87. The molecule has 0 aliphatic carbocycles. The van der Waals surface area contributed by atoms with E-state index in [0.29, 0.717) is 23.6 Å². The number of ketones is 1. The van der Waals surface area contributed by atoms with E-state index in [9.17, 15) is 18.0 Å². The first-order valence-electron chi connectivity index (χ1n) is 7.43. The lowest BCUT2D eigenvalue weighted by Crippen LogP contribution is -2.17. The topological polar surface area (TPSA) is 47.6 Å². The minimum atomic E-state index is -4.75. The Bertz CT molecular complexity index is 740. The Kier molecular flexibility index (Phi) is 6.05. The minimum absolute atomic E-state index is 0.252. The van der Waals surface area contributed by atoms with Crippen LogP contribution in [0.2, 0.25) is 0 Å². The quantitative estimate of drug-likeness (QED) is 0.575. The van der Waals surface area contributed by atoms with Crippen LogP contribution in [0.4, 0.5) is 18.9 Å². The van der Waals surface area contributed by atoms with Gasteiger partial charge in [-0.25, -0.2) is 0 Å². The maximum atomic E-state index is 12.2. The number of alkyl halides is 3. The van der Waals surface area contributed by atoms with E-state index in [1.54, 1.807) is 30.3 Å². The average molecular weight is 351 g/mol. The summed E-state index contributed by atoms with van der Waals surface area (Å²) in [6.07, 6.45) is -2.11. The van der Waals surface area contributed by atoms with Crippen LogP contribution in [0.5, 0.6) is 11.5 Å². The number of nitrogens with one attached hydrogen (secondary N) is 1. The molecule has 4 nitrogen and oxygen atoms in total. The molecule has 0 radical (unpaired) electrons. The van der Waals surface area contributed by atoms with Gasteiger partial charge in [-0.1, -0.05) is 6.07 Å². The van der Waals surface area contributed by atoms with Gasteiger partial charge in [-0.2, -0.15) is 0 Å². The van der Waals surface area contributed by atoms with Crippen molar-refractivity contribution in [2.75, 3.05) is 11.9 Å². The molecule has 0 bridgehead atoms. The molecule has 0 heterocycles. The van der Waals surface area contributed by atoms with E-state index in [0.717, 1.165) is 0 Å². The first-order valence-corrected chi connectivity index (χ1v) is 7.43. The molecule has 7 heteroatoms. The zero-order valence-corrected chi connectivity index (χ0v) is 13.3. The van der Waals surface area contributed by atoms with Crippen molar-refractivity contribution in [1.82, 2.24) is 0 Å². The fourth-order valence-corrected chi connectivity index (χ4v) is 1.97. The molecule has 0 atom stereocenters. The van der Waals surface area contributed by atoms with Gasteiger partial charge in [0.25, 0.3) is 0 Å². The second kappa shape index (κ2) is 8.23. The minimum Gasteiger partial charge on any atom is -0.494 e. The molecule has 2 aromatic rings. The van der Waals surface area contributed by atoms with Crippen molar-refractivity contribution in [3.8, 4) is 11.5 Å². The van der Waals surface area contributed by atoms with Crippen molar-refractivity contribution < 1.29 is 27.4 Å². The van der Waals surface area contributed by atoms with E-state index in [1.165, 1.54) is 30.5 Å². The van der Waals surface area contributed by atoms with Crippen molar-refractivity contribution in [2.24, 2.45) is 0 Å². The molecule has 0 fully saturated rings. The summed E-state index contributed by atoms with van der Waals surface area (Å²) in [6, 6.07) is 12.0. The fourth-order valence-electron chi connectivity index (χ4n) is 1.97. The molecule has 0 saturated carbocycles. The molecule has 0 aliphatic heterocycles. The molecular weight excluding hydrogens is 335 g/mol. The molecule has 0 saturated heterocycles. The Morgan fingerprint density at radius 3 is 2.48 bits per heavy atom. The Balaban J connectivity index is 1.96.